The van der Waals surface area contributed by atoms with Gasteiger partial charge in [0.15, 0.2) is 0 Å². The van der Waals surface area contributed by atoms with Crippen molar-refractivity contribution in [3.8, 4) is 0 Å². The second-order valence-corrected chi connectivity index (χ2v) is 4.36. The van der Waals surface area contributed by atoms with E-state index in [1.165, 1.54) is 12.0 Å². The predicted molar refractivity (Wildman–Crippen MR) is 77.5 cm³/mol. The number of rotatable bonds is 12. The van der Waals surface area contributed by atoms with Crippen LogP contribution >= 0.6 is 0 Å². The molecule has 1 aromatic rings. The van der Waals surface area contributed by atoms with Crippen LogP contribution in [0.1, 0.15) is 25.3 Å². The standard InChI is InChI=1S/C16H26O3/c1-2-17-12-13-19-15-14-18-11-7-6-10-16-8-4-3-5-9-16/h3-5,8-9H,2,6-7,10-15H2,1H3. The zero-order valence-electron chi connectivity index (χ0n) is 12.0. The van der Waals surface area contributed by atoms with Gasteiger partial charge in [0.1, 0.15) is 0 Å². The Hall–Kier alpha value is -0.900. The Labute approximate surface area is 116 Å². The molecule has 1 rings (SSSR count). The van der Waals surface area contributed by atoms with Crippen LogP contribution in [0.15, 0.2) is 30.3 Å². The van der Waals surface area contributed by atoms with E-state index in [2.05, 4.69) is 30.3 Å². The van der Waals surface area contributed by atoms with Gasteiger partial charge in [-0.05, 0) is 31.7 Å². The van der Waals surface area contributed by atoms with Crippen LogP contribution in [0.5, 0.6) is 0 Å². The monoisotopic (exact) mass is 266 g/mol. The lowest BCUT2D eigenvalue weighted by molar-refractivity contribution is 0.0163. The van der Waals surface area contributed by atoms with Crippen molar-refractivity contribution in [2.75, 3.05) is 39.6 Å². The van der Waals surface area contributed by atoms with Crippen molar-refractivity contribution in [2.24, 2.45) is 0 Å². The van der Waals surface area contributed by atoms with Gasteiger partial charge >= 0.3 is 0 Å². The summed E-state index contributed by atoms with van der Waals surface area (Å²) >= 11 is 0. The summed E-state index contributed by atoms with van der Waals surface area (Å²) in [5, 5.41) is 0. The molecule has 19 heavy (non-hydrogen) atoms. The molecule has 0 atom stereocenters. The topological polar surface area (TPSA) is 27.7 Å². The number of aryl methyl sites for hydroxylation is 1. The Bertz CT molecular complexity index is 287. The van der Waals surface area contributed by atoms with E-state index in [0.717, 1.165) is 26.1 Å². The molecule has 0 amide bonds. The summed E-state index contributed by atoms with van der Waals surface area (Å²) in [7, 11) is 0. The molecule has 0 fully saturated rings. The van der Waals surface area contributed by atoms with E-state index in [1.807, 2.05) is 6.92 Å². The van der Waals surface area contributed by atoms with Gasteiger partial charge in [-0.1, -0.05) is 30.3 Å². The minimum atomic E-state index is 0.658. The van der Waals surface area contributed by atoms with E-state index >= 15 is 0 Å². The molecule has 3 nitrogen and oxygen atoms in total. The highest BCUT2D eigenvalue weighted by Crippen LogP contribution is 2.04. The van der Waals surface area contributed by atoms with Crippen molar-refractivity contribution in [2.45, 2.75) is 26.2 Å². The molecule has 3 heteroatoms. The maximum atomic E-state index is 5.51. The lowest BCUT2D eigenvalue weighted by Crippen LogP contribution is -2.09. The fourth-order valence-corrected chi connectivity index (χ4v) is 1.76. The fourth-order valence-electron chi connectivity index (χ4n) is 1.76. The number of ether oxygens (including phenoxy) is 3. The zero-order valence-corrected chi connectivity index (χ0v) is 12.0. The maximum Gasteiger partial charge on any atom is 0.0701 e. The van der Waals surface area contributed by atoms with E-state index in [9.17, 15) is 0 Å². The van der Waals surface area contributed by atoms with E-state index < -0.39 is 0 Å². The molecule has 0 aromatic heterocycles. The smallest absolute Gasteiger partial charge is 0.0701 e. The van der Waals surface area contributed by atoms with Gasteiger partial charge in [-0.3, -0.25) is 0 Å². The van der Waals surface area contributed by atoms with Gasteiger partial charge in [0.2, 0.25) is 0 Å². The molecule has 0 unspecified atom stereocenters. The lowest BCUT2D eigenvalue weighted by Gasteiger charge is -2.06. The number of hydrogen-bond donors (Lipinski definition) is 0. The molecule has 1 aromatic carbocycles. The first-order valence-electron chi connectivity index (χ1n) is 7.20. The average molecular weight is 266 g/mol. The van der Waals surface area contributed by atoms with Crippen molar-refractivity contribution in [3.05, 3.63) is 35.9 Å². The molecule has 0 bridgehead atoms. The van der Waals surface area contributed by atoms with Gasteiger partial charge in [0, 0.05) is 13.2 Å². The number of hydrogen-bond acceptors (Lipinski definition) is 3. The van der Waals surface area contributed by atoms with Crippen molar-refractivity contribution in [1.29, 1.82) is 0 Å². The summed E-state index contributed by atoms with van der Waals surface area (Å²) in [6.45, 7) is 6.23. The third-order valence-corrected chi connectivity index (χ3v) is 2.80. The first kappa shape index (κ1) is 16.2. The average Bonchev–Trinajstić information content (AvgIpc) is 2.46. The molecule has 0 N–H and O–H groups in total. The van der Waals surface area contributed by atoms with Gasteiger partial charge in [0.05, 0.1) is 26.4 Å². The van der Waals surface area contributed by atoms with Crippen LogP contribution in [0.4, 0.5) is 0 Å². The molecule has 0 spiro atoms. The van der Waals surface area contributed by atoms with Gasteiger partial charge in [-0.2, -0.15) is 0 Å². The Morgan fingerprint density at radius 2 is 1.37 bits per heavy atom. The van der Waals surface area contributed by atoms with Crippen molar-refractivity contribution in [3.63, 3.8) is 0 Å². The van der Waals surface area contributed by atoms with Crippen LogP contribution in [0, 0.1) is 0 Å². The summed E-state index contributed by atoms with van der Waals surface area (Å²) in [5.41, 5.74) is 1.40. The van der Waals surface area contributed by atoms with Gasteiger partial charge < -0.3 is 14.2 Å². The minimum absolute atomic E-state index is 0.658. The molecular weight excluding hydrogens is 240 g/mol. The summed E-state index contributed by atoms with van der Waals surface area (Å²) in [6.07, 6.45) is 3.41. The first-order valence-corrected chi connectivity index (χ1v) is 7.20. The van der Waals surface area contributed by atoms with Crippen molar-refractivity contribution < 1.29 is 14.2 Å². The normalized spacial score (nSPS) is 10.8. The second kappa shape index (κ2) is 12.2. The Morgan fingerprint density at radius 1 is 0.737 bits per heavy atom. The van der Waals surface area contributed by atoms with Gasteiger partial charge in [-0.15, -0.1) is 0 Å². The lowest BCUT2D eigenvalue weighted by atomic mass is 10.1. The Morgan fingerprint density at radius 3 is 2.05 bits per heavy atom. The summed E-state index contributed by atoms with van der Waals surface area (Å²) in [6, 6.07) is 10.6. The Kier molecular flexibility index (Phi) is 10.3. The first-order chi connectivity index (χ1) is 9.43. The van der Waals surface area contributed by atoms with Gasteiger partial charge in [-0.25, -0.2) is 0 Å². The predicted octanol–water partition coefficient (Wildman–Crippen LogP) is 3.08. The molecule has 0 aliphatic heterocycles. The maximum absolute atomic E-state index is 5.51. The molecular formula is C16H26O3. The SMILES string of the molecule is CCOCCOCCOCCCCc1ccccc1. The third-order valence-electron chi connectivity index (χ3n) is 2.80. The summed E-state index contributed by atoms with van der Waals surface area (Å²) < 4.78 is 16.0. The number of benzene rings is 1. The van der Waals surface area contributed by atoms with Crippen LogP contribution in [0.2, 0.25) is 0 Å². The summed E-state index contributed by atoms with van der Waals surface area (Å²) in [4.78, 5) is 0. The highest BCUT2D eigenvalue weighted by molar-refractivity contribution is 5.14. The van der Waals surface area contributed by atoms with Crippen LogP contribution in [-0.2, 0) is 20.6 Å². The number of unbranched alkanes of at least 4 members (excludes halogenated alkanes) is 1. The minimum Gasteiger partial charge on any atom is -0.379 e. The van der Waals surface area contributed by atoms with Crippen LogP contribution in [0.3, 0.4) is 0 Å². The summed E-state index contributed by atoms with van der Waals surface area (Å²) in [5.74, 6) is 0. The van der Waals surface area contributed by atoms with Crippen LogP contribution in [0.25, 0.3) is 0 Å². The van der Waals surface area contributed by atoms with Crippen LogP contribution in [-0.4, -0.2) is 39.6 Å². The van der Waals surface area contributed by atoms with Crippen molar-refractivity contribution in [1.82, 2.24) is 0 Å². The zero-order chi connectivity index (χ0) is 13.6. The largest absolute Gasteiger partial charge is 0.379 e. The molecule has 0 saturated carbocycles. The van der Waals surface area contributed by atoms with E-state index in [1.54, 1.807) is 0 Å². The third kappa shape index (κ3) is 9.65. The molecule has 108 valence electrons. The Balaban J connectivity index is 1.79. The van der Waals surface area contributed by atoms with Crippen molar-refractivity contribution >= 4 is 0 Å². The van der Waals surface area contributed by atoms with E-state index in [-0.39, 0.29) is 0 Å². The molecule has 0 saturated heterocycles. The fraction of sp³-hybridized carbons (Fsp3) is 0.625. The quantitative estimate of drug-likeness (QED) is 0.544. The second-order valence-electron chi connectivity index (χ2n) is 4.36. The highest BCUT2D eigenvalue weighted by atomic mass is 16.5. The molecule has 0 heterocycles. The van der Waals surface area contributed by atoms with E-state index in [4.69, 9.17) is 14.2 Å². The highest BCUT2D eigenvalue weighted by Gasteiger charge is 1.94. The van der Waals surface area contributed by atoms with Gasteiger partial charge in [0.25, 0.3) is 0 Å². The molecule has 0 aliphatic carbocycles. The van der Waals surface area contributed by atoms with E-state index in [0.29, 0.717) is 26.4 Å². The van der Waals surface area contributed by atoms with Crippen LogP contribution < -0.4 is 0 Å². The molecule has 0 aliphatic rings. The molecule has 0 radical (unpaired) electrons.